The van der Waals surface area contributed by atoms with Gasteiger partial charge in [-0.1, -0.05) is 0 Å². The Labute approximate surface area is 163 Å². The number of fused-ring (bicyclic) bond motifs is 2. The van der Waals surface area contributed by atoms with Crippen LogP contribution in [-0.4, -0.2) is 56.4 Å². The molecule has 2 aliphatic heterocycles. The molecule has 0 N–H and O–H groups in total. The van der Waals surface area contributed by atoms with Gasteiger partial charge in [0.05, 0.1) is 7.11 Å². The zero-order chi connectivity index (χ0) is 20.2. The largest absolute Gasteiger partial charge is 0.467 e. The molecule has 2 saturated heterocycles. The molecule has 1 aromatic rings. The Morgan fingerprint density at radius 1 is 1.26 bits per heavy atom. The summed E-state index contributed by atoms with van der Waals surface area (Å²) in [7, 11) is 1.36. The van der Waals surface area contributed by atoms with Crippen molar-refractivity contribution in [2.75, 3.05) is 7.11 Å². The van der Waals surface area contributed by atoms with Crippen LogP contribution in [0.3, 0.4) is 0 Å². The number of amides is 1. The van der Waals surface area contributed by atoms with Crippen molar-refractivity contribution in [1.82, 2.24) is 14.5 Å². The molecule has 1 aromatic heterocycles. The number of carbonyl (C=O) groups excluding carboxylic acids is 2. The summed E-state index contributed by atoms with van der Waals surface area (Å²) in [5.41, 5.74) is -0.543. The fourth-order valence-electron chi connectivity index (χ4n) is 3.16. The fraction of sp³-hybridized carbons (Fsp3) is 0.647. The van der Waals surface area contributed by atoms with Gasteiger partial charge in [-0.25, -0.2) is 14.6 Å². The molecule has 0 aromatic carbocycles. The maximum absolute atomic E-state index is 12.2. The first kappa shape index (κ1) is 20.9. The lowest BCUT2D eigenvalue weighted by Gasteiger charge is -2.52. The van der Waals surface area contributed by atoms with Crippen molar-refractivity contribution in [2.45, 2.75) is 57.7 Å². The third-order valence-corrected chi connectivity index (χ3v) is 4.66. The lowest BCUT2D eigenvalue weighted by atomic mass is 9.71. The highest BCUT2D eigenvalue weighted by atomic mass is 32.1. The minimum Gasteiger partial charge on any atom is -0.467 e. The average molecular weight is 396 g/mol. The fourth-order valence-corrected chi connectivity index (χ4v) is 3.27. The van der Waals surface area contributed by atoms with E-state index >= 15 is 0 Å². The first-order valence-electron chi connectivity index (χ1n) is 8.61. The van der Waals surface area contributed by atoms with Crippen LogP contribution < -0.4 is 0 Å². The van der Waals surface area contributed by atoms with Crippen LogP contribution in [0.2, 0.25) is 0 Å². The van der Waals surface area contributed by atoms with Crippen molar-refractivity contribution < 1.29 is 19.1 Å². The van der Waals surface area contributed by atoms with Crippen molar-refractivity contribution in [3.8, 4) is 0 Å². The second-order valence-corrected chi connectivity index (χ2v) is 7.86. The molecule has 2 bridgehead atoms. The van der Waals surface area contributed by atoms with Crippen molar-refractivity contribution in [3.05, 3.63) is 23.6 Å². The number of nitrogens with zero attached hydrogens (tertiary/aromatic N) is 4. The minimum atomic E-state index is -0.543. The smallest absolute Gasteiger partial charge is 0.411 e. The third kappa shape index (κ3) is 5.31. The number of thiocarbonyl (C=S) groups is 1. The van der Waals surface area contributed by atoms with E-state index in [2.05, 4.69) is 22.4 Å². The number of methoxy groups -OCH3 is 1. The van der Waals surface area contributed by atoms with Crippen LogP contribution in [0.25, 0.3) is 0 Å². The quantitative estimate of drug-likeness (QED) is 0.408. The lowest BCUT2D eigenvalue weighted by molar-refractivity contribution is -0.155. The van der Waals surface area contributed by atoms with E-state index in [1.165, 1.54) is 24.2 Å². The predicted molar refractivity (Wildman–Crippen MR) is 101 cm³/mol. The maximum atomic E-state index is 12.2. The number of piperidine rings is 2. The van der Waals surface area contributed by atoms with Gasteiger partial charge in [-0.05, 0) is 58.2 Å². The summed E-state index contributed by atoms with van der Waals surface area (Å²) in [6.07, 6.45) is 6.76. The summed E-state index contributed by atoms with van der Waals surface area (Å²) in [6, 6.07) is -0.329. The van der Waals surface area contributed by atoms with E-state index in [0.29, 0.717) is 12.3 Å². The molecule has 148 valence electrons. The standard InChI is InChI=1S/C13H21NO4.C4H3N3OS/c1-13(2,3)18-12(16)14-9-5-8(6-9)7-10(14)11(15)17-4;8-6-4(9)7-2-1-5-3-7/h8-10H,5-7H2,1-4H3;1-3H. The molecule has 1 saturated carbocycles. The predicted octanol–water partition coefficient (Wildman–Crippen LogP) is 2.73. The van der Waals surface area contributed by atoms with Gasteiger partial charge in [0.1, 0.15) is 18.0 Å². The maximum Gasteiger partial charge on any atom is 0.411 e. The summed E-state index contributed by atoms with van der Waals surface area (Å²) in [4.78, 5) is 38.9. The van der Waals surface area contributed by atoms with Crippen molar-refractivity contribution in [2.24, 2.45) is 11.1 Å². The molecule has 4 rings (SSSR count). The van der Waals surface area contributed by atoms with Gasteiger partial charge in [0.15, 0.2) is 0 Å². The van der Waals surface area contributed by atoms with Gasteiger partial charge in [0.25, 0.3) is 0 Å². The van der Waals surface area contributed by atoms with Gasteiger partial charge in [-0.2, -0.15) is 0 Å². The number of esters is 1. The van der Waals surface area contributed by atoms with Crippen molar-refractivity contribution in [3.63, 3.8) is 0 Å². The van der Waals surface area contributed by atoms with Crippen molar-refractivity contribution >= 4 is 29.4 Å². The SMILES string of the molecule is COC(=O)C1CC2CC(C2)N1C(=O)OC(C)(C)C.O=NC(=S)n1ccnc1. The van der Waals surface area contributed by atoms with Crippen LogP contribution in [0.4, 0.5) is 4.79 Å². The van der Waals surface area contributed by atoms with Crippen molar-refractivity contribution in [1.29, 1.82) is 0 Å². The summed E-state index contributed by atoms with van der Waals surface area (Å²) < 4.78 is 11.5. The van der Waals surface area contributed by atoms with Crippen LogP contribution in [0.5, 0.6) is 0 Å². The summed E-state index contributed by atoms with van der Waals surface area (Å²) in [6.45, 7) is 5.47. The molecule has 1 unspecified atom stereocenters. The summed E-state index contributed by atoms with van der Waals surface area (Å²) >= 11 is 4.52. The first-order chi connectivity index (χ1) is 12.7. The van der Waals surface area contributed by atoms with E-state index < -0.39 is 17.7 Å². The molecule has 3 aliphatic rings. The molecule has 1 amide bonds. The number of imidazole rings is 1. The highest BCUT2D eigenvalue weighted by Gasteiger charge is 2.50. The Morgan fingerprint density at radius 3 is 2.41 bits per heavy atom. The van der Waals surface area contributed by atoms with Gasteiger partial charge in [0.2, 0.25) is 5.11 Å². The van der Waals surface area contributed by atoms with Gasteiger partial charge in [-0.15, -0.1) is 4.91 Å². The summed E-state index contributed by atoms with van der Waals surface area (Å²) in [5.74, 6) is 0.216. The molecule has 3 fully saturated rings. The van der Waals surface area contributed by atoms with E-state index in [-0.39, 0.29) is 17.1 Å². The molecule has 3 heterocycles. The first-order valence-corrected chi connectivity index (χ1v) is 9.02. The molecule has 0 spiro atoms. The number of carbonyl (C=O) groups is 2. The third-order valence-electron chi connectivity index (χ3n) is 4.38. The van der Waals surface area contributed by atoms with Crippen LogP contribution in [0, 0.1) is 10.8 Å². The van der Waals surface area contributed by atoms with E-state index in [4.69, 9.17) is 9.47 Å². The zero-order valence-corrected chi connectivity index (χ0v) is 16.6. The Hall–Kier alpha value is -2.36. The normalized spacial score (nSPS) is 23.3. The average Bonchev–Trinajstić information content (AvgIpc) is 3.12. The zero-order valence-electron chi connectivity index (χ0n) is 15.8. The van der Waals surface area contributed by atoms with Gasteiger partial charge < -0.3 is 9.47 Å². The monoisotopic (exact) mass is 396 g/mol. The number of hydrogen-bond donors (Lipinski definition) is 0. The van der Waals surface area contributed by atoms with Crippen LogP contribution >= 0.6 is 12.2 Å². The Morgan fingerprint density at radius 2 is 1.93 bits per heavy atom. The second-order valence-electron chi connectivity index (χ2n) is 7.50. The second kappa shape index (κ2) is 8.55. The van der Waals surface area contributed by atoms with Crippen LogP contribution in [0.15, 0.2) is 23.9 Å². The van der Waals surface area contributed by atoms with E-state index in [0.717, 1.165) is 12.8 Å². The molecule has 10 heteroatoms. The number of rotatable bonds is 1. The molecule has 0 radical (unpaired) electrons. The van der Waals surface area contributed by atoms with Gasteiger partial charge in [0, 0.05) is 23.6 Å². The van der Waals surface area contributed by atoms with Crippen LogP contribution in [-0.2, 0) is 14.3 Å². The molecule has 9 nitrogen and oxygen atoms in total. The molecule has 27 heavy (non-hydrogen) atoms. The summed E-state index contributed by atoms with van der Waals surface area (Å²) in [5, 5.41) is 2.51. The van der Waals surface area contributed by atoms with Gasteiger partial charge >= 0.3 is 12.1 Å². The van der Waals surface area contributed by atoms with E-state index in [9.17, 15) is 14.5 Å². The Balaban J connectivity index is 0.000000244. The molecule has 1 aliphatic carbocycles. The number of ether oxygens (including phenoxy) is 2. The number of aromatic nitrogens is 2. The molecular formula is C17H24N4O5S. The molecule has 1 atom stereocenters. The lowest BCUT2D eigenvalue weighted by Crippen LogP contribution is -2.62. The molecular weight excluding hydrogens is 372 g/mol. The Kier molecular flexibility index (Phi) is 6.63. The van der Waals surface area contributed by atoms with Gasteiger partial charge in [-0.3, -0.25) is 9.47 Å². The number of nitroso groups, excluding NO2 is 1. The number of hydrogen-bond acceptors (Lipinski definition) is 7. The Bertz CT molecular complexity index is 695. The van der Waals surface area contributed by atoms with E-state index in [1.54, 1.807) is 11.1 Å². The highest BCUT2D eigenvalue weighted by Crippen LogP contribution is 2.43. The topological polar surface area (TPSA) is 103 Å². The van der Waals surface area contributed by atoms with E-state index in [1.807, 2.05) is 20.8 Å². The van der Waals surface area contributed by atoms with Crippen LogP contribution in [0.1, 0.15) is 40.0 Å². The highest BCUT2D eigenvalue weighted by molar-refractivity contribution is 7.80. The minimum absolute atomic E-state index is 0.0208.